The second-order valence-electron chi connectivity index (χ2n) is 2.93. The Kier molecular flexibility index (Phi) is 5.48. The molecule has 1 aromatic rings. The van der Waals surface area contributed by atoms with Crippen molar-refractivity contribution in [3.05, 3.63) is 28.4 Å². The van der Waals surface area contributed by atoms with E-state index in [2.05, 4.69) is 19.6 Å². The van der Waals surface area contributed by atoms with Crippen LogP contribution in [0.2, 0.25) is 0 Å². The number of methoxy groups -OCH3 is 2. The van der Waals surface area contributed by atoms with E-state index in [1.165, 1.54) is 17.5 Å². The van der Waals surface area contributed by atoms with Gasteiger partial charge >= 0.3 is 11.9 Å². The Balaban J connectivity index is 2.84. The molecule has 9 heteroatoms. The van der Waals surface area contributed by atoms with Gasteiger partial charge in [0.15, 0.2) is 10.8 Å². The van der Waals surface area contributed by atoms with Gasteiger partial charge < -0.3 is 20.0 Å². The number of hydrogen-bond acceptors (Lipinski definition) is 8. The highest BCUT2D eigenvalue weighted by Crippen LogP contribution is 2.06. The lowest BCUT2D eigenvalue weighted by atomic mass is 10.4. The average Bonchev–Trinajstić information content (AvgIpc) is 2.95. The minimum Gasteiger partial charge on any atom is -0.466 e. The number of nitrogens with zero attached hydrogens (tertiary/aromatic N) is 2. The number of hydrogen-bond donors (Lipinski definition) is 1. The number of esters is 2. The van der Waals surface area contributed by atoms with Gasteiger partial charge in [-0.2, -0.15) is 0 Å². The molecular weight excluding hydrogens is 274 g/mol. The van der Waals surface area contributed by atoms with E-state index in [1.807, 2.05) is 0 Å². The number of aromatic nitrogens is 1. The lowest BCUT2D eigenvalue weighted by Crippen LogP contribution is -2.15. The summed E-state index contributed by atoms with van der Waals surface area (Å²) in [6.07, 6.45) is 2.33. The van der Waals surface area contributed by atoms with Crippen LogP contribution in [0.4, 0.5) is 0 Å². The summed E-state index contributed by atoms with van der Waals surface area (Å²) >= 11 is 1.24. The molecule has 2 N–H and O–H groups in total. The quantitative estimate of drug-likeness (QED) is 0.202. The maximum atomic E-state index is 11.3. The number of carbonyl (C=O) groups excluding carboxylic acids is 2. The standard InChI is InChI=1S/C10H11N3O5S/c1-16-7(14)5-6(10(15)17-2)18-13-8(11)9-12-3-4-19-9/h3-5H,1-2H3,(H2,11,13)/b6-5+. The van der Waals surface area contributed by atoms with Crippen molar-refractivity contribution in [1.29, 1.82) is 0 Å². The van der Waals surface area contributed by atoms with E-state index >= 15 is 0 Å². The number of ether oxygens (including phenoxy) is 2. The average molecular weight is 285 g/mol. The molecule has 1 aromatic heterocycles. The molecule has 0 bridgehead atoms. The SMILES string of the molecule is COC(=O)/C=C(/O/N=C(\N)c1nccs1)C(=O)OC. The zero-order chi connectivity index (χ0) is 14.3. The molecule has 8 nitrogen and oxygen atoms in total. The number of rotatable bonds is 5. The van der Waals surface area contributed by atoms with Crippen LogP contribution in [-0.2, 0) is 23.9 Å². The normalized spacial score (nSPS) is 11.9. The van der Waals surface area contributed by atoms with Gasteiger partial charge in [0.1, 0.15) is 0 Å². The van der Waals surface area contributed by atoms with Crippen molar-refractivity contribution in [1.82, 2.24) is 4.98 Å². The zero-order valence-electron chi connectivity index (χ0n) is 10.2. The van der Waals surface area contributed by atoms with Gasteiger partial charge in [0.25, 0.3) is 0 Å². The fourth-order valence-corrected chi connectivity index (χ4v) is 1.41. The van der Waals surface area contributed by atoms with Crippen molar-refractivity contribution in [2.45, 2.75) is 0 Å². The number of carbonyl (C=O) groups is 2. The summed E-state index contributed by atoms with van der Waals surface area (Å²) in [5.74, 6) is -2.16. The molecule has 1 heterocycles. The predicted molar refractivity (Wildman–Crippen MR) is 66.0 cm³/mol. The van der Waals surface area contributed by atoms with Crippen LogP contribution in [0.3, 0.4) is 0 Å². The highest BCUT2D eigenvalue weighted by Gasteiger charge is 2.15. The summed E-state index contributed by atoms with van der Waals surface area (Å²) in [4.78, 5) is 31.0. The highest BCUT2D eigenvalue weighted by atomic mass is 32.1. The first kappa shape index (κ1) is 14.6. The summed E-state index contributed by atoms with van der Waals surface area (Å²) in [6.45, 7) is 0. The van der Waals surface area contributed by atoms with E-state index in [-0.39, 0.29) is 5.84 Å². The smallest absolute Gasteiger partial charge is 0.377 e. The molecule has 102 valence electrons. The van der Waals surface area contributed by atoms with Crippen molar-refractivity contribution >= 4 is 29.1 Å². The molecule has 0 radical (unpaired) electrons. The minimum atomic E-state index is -0.888. The van der Waals surface area contributed by atoms with E-state index in [0.29, 0.717) is 5.01 Å². The second kappa shape index (κ2) is 7.11. The summed E-state index contributed by atoms with van der Waals surface area (Å²) in [6, 6.07) is 0. The molecule has 0 aliphatic heterocycles. The third-order valence-electron chi connectivity index (χ3n) is 1.73. The number of oxime groups is 1. The third kappa shape index (κ3) is 4.39. The summed E-state index contributed by atoms with van der Waals surface area (Å²) in [5, 5.41) is 5.61. The monoisotopic (exact) mass is 285 g/mol. The Bertz CT molecular complexity index is 509. The maximum absolute atomic E-state index is 11.3. The summed E-state index contributed by atoms with van der Waals surface area (Å²) in [7, 11) is 2.28. The van der Waals surface area contributed by atoms with E-state index < -0.39 is 17.7 Å². The Morgan fingerprint density at radius 3 is 2.68 bits per heavy atom. The minimum absolute atomic E-state index is 0.0327. The molecule has 0 saturated carbocycles. The summed E-state index contributed by atoms with van der Waals surface area (Å²) < 4.78 is 8.78. The molecule has 0 unspecified atom stereocenters. The molecule has 19 heavy (non-hydrogen) atoms. The van der Waals surface area contributed by atoms with Crippen molar-refractivity contribution < 1.29 is 23.9 Å². The molecule has 0 aromatic carbocycles. The van der Waals surface area contributed by atoms with Gasteiger partial charge in [-0.05, 0) is 0 Å². The summed E-state index contributed by atoms with van der Waals surface area (Å²) in [5.41, 5.74) is 5.57. The fraction of sp³-hybridized carbons (Fsp3) is 0.200. The molecule has 0 aliphatic carbocycles. The largest absolute Gasteiger partial charge is 0.466 e. The Labute approximate surface area is 112 Å². The van der Waals surface area contributed by atoms with Crippen molar-refractivity contribution in [3.8, 4) is 0 Å². The van der Waals surface area contributed by atoms with Gasteiger partial charge in [0, 0.05) is 11.6 Å². The molecule has 0 amide bonds. The number of amidine groups is 1. The Morgan fingerprint density at radius 1 is 1.42 bits per heavy atom. The molecule has 0 saturated heterocycles. The van der Waals surface area contributed by atoms with Crippen LogP contribution >= 0.6 is 11.3 Å². The van der Waals surface area contributed by atoms with Crippen LogP contribution < -0.4 is 5.73 Å². The zero-order valence-corrected chi connectivity index (χ0v) is 11.0. The second-order valence-corrected chi connectivity index (χ2v) is 3.82. The highest BCUT2D eigenvalue weighted by molar-refractivity contribution is 7.11. The lowest BCUT2D eigenvalue weighted by Gasteiger charge is -2.02. The molecule has 0 fully saturated rings. The van der Waals surface area contributed by atoms with Gasteiger partial charge in [0.2, 0.25) is 5.76 Å². The molecule has 0 aliphatic rings. The van der Waals surface area contributed by atoms with Crippen molar-refractivity contribution in [3.63, 3.8) is 0 Å². The first-order valence-electron chi connectivity index (χ1n) is 4.86. The lowest BCUT2D eigenvalue weighted by molar-refractivity contribution is -0.142. The number of thiazole rings is 1. The third-order valence-corrected chi connectivity index (χ3v) is 2.53. The first-order valence-corrected chi connectivity index (χ1v) is 5.74. The molecule has 0 spiro atoms. The van der Waals surface area contributed by atoms with Crippen LogP contribution in [0.25, 0.3) is 0 Å². The maximum Gasteiger partial charge on any atom is 0.377 e. The van der Waals surface area contributed by atoms with E-state index in [1.54, 1.807) is 5.38 Å². The Hall–Kier alpha value is -2.42. The van der Waals surface area contributed by atoms with Crippen LogP contribution in [-0.4, -0.2) is 37.0 Å². The van der Waals surface area contributed by atoms with Crippen LogP contribution in [0.1, 0.15) is 5.01 Å². The van der Waals surface area contributed by atoms with Gasteiger partial charge in [-0.1, -0.05) is 5.16 Å². The predicted octanol–water partition coefficient (Wildman–Crippen LogP) is 0.00990. The molecular formula is C10H11N3O5S. The molecule has 0 atom stereocenters. The van der Waals surface area contributed by atoms with Gasteiger partial charge in [-0.25, -0.2) is 14.6 Å². The van der Waals surface area contributed by atoms with Crippen molar-refractivity contribution in [2.75, 3.05) is 14.2 Å². The molecule has 1 rings (SSSR count). The Morgan fingerprint density at radius 2 is 2.16 bits per heavy atom. The topological polar surface area (TPSA) is 113 Å². The van der Waals surface area contributed by atoms with Gasteiger partial charge in [-0.15, -0.1) is 11.3 Å². The van der Waals surface area contributed by atoms with Gasteiger partial charge in [0.05, 0.1) is 20.3 Å². The van der Waals surface area contributed by atoms with Crippen LogP contribution in [0, 0.1) is 0 Å². The first-order chi connectivity index (χ1) is 9.08. The van der Waals surface area contributed by atoms with E-state index in [0.717, 1.165) is 20.3 Å². The van der Waals surface area contributed by atoms with Crippen LogP contribution in [0.5, 0.6) is 0 Å². The number of nitrogens with two attached hydrogens (primary N) is 1. The fourth-order valence-electron chi connectivity index (χ4n) is 0.876. The van der Waals surface area contributed by atoms with E-state index in [4.69, 9.17) is 10.6 Å². The van der Waals surface area contributed by atoms with E-state index in [9.17, 15) is 9.59 Å². The van der Waals surface area contributed by atoms with Crippen molar-refractivity contribution in [2.24, 2.45) is 10.9 Å². The van der Waals surface area contributed by atoms with Crippen LogP contribution in [0.15, 0.2) is 28.6 Å². The van der Waals surface area contributed by atoms with Gasteiger partial charge in [-0.3, -0.25) is 0 Å².